The van der Waals surface area contributed by atoms with Crippen molar-refractivity contribution in [3.63, 3.8) is 0 Å². The lowest BCUT2D eigenvalue weighted by molar-refractivity contribution is 0.483. The average molecular weight is 302 g/mol. The summed E-state index contributed by atoms with van der Waals surface area (Å²) in [6.45, 7) is 0. The molecule has 0 aliphatic carbocycles. The van der Waals surface area contributed by atoms with Gasteiger partial charge in [-0.3, -0.25) is 0 Å². The minimum atomic E-state index is 0.0172. The fourth-order valence-corrected chi connectivity index (χ4v) is 3.13. The monoisotopic (exact) mass is 302 g/mol. The summed E-state index contributed by atoms with van der Waals surface area (Å²) >= 11 is 0. The largest absolute Gasteiger partial charge is 0.467 e. The molecule has 0 spiro atoms. The zero-order chi connectivity index (χ0) is 15.6. The van der Waals surface area contributed by atoms with Gasteiger partial charge < -0.3 is 14.3 Å². The summed E-state index contributed by atoms with van der Waals surface area (Å²) in [5.74, 6) is 0.932. The van der Waals surface area contributed by atoms with E-state index in [2.05, 4.69) is 65.6 Å². The first kappa shape index (κ1) is 13.7. The molecule has 1 unspecified atom stereocenters. The number of nitrogens with one attached hydrogen (secondary N) is 1. The maximum atomic E-state index is 5.76. The Morgan fingerprint density at radius 1 is 0.913 bits per heavy atom. The predicted octanol–water partition coefficient (Wildman–Crippen LogP) is 4.99. The van der Waals surface area contributed by atoms with E-state index in [1.807, 2.05) is 24.3 Å². The van der Waals surface area contributed by atoms with Crippen LogP contribution in [-0.4, -0.2) is 12.0 Å². The third-order valence-electron chi connectivity index (χ3n) is 4.28. The smallest absolute Gasteiger partial charge is 0.130 e. The summed E-state index contributed by atoms with van der Waals surface area (Å²) in [7, 11) is 2.10. The molecule has 0 radical (unpaired) electrons. The Labute approximate surface area is 135 Å². The number of aromatic amines is 1. The first-order chi connectivity index (χ1) is 11.3. The van der Waals surface area contributed by atoms with Crippen LogP contribution in [0.4, 0.5) is 5.69 Å². The Morgan fingerprint density at radius 3 is 2.48 bits per heavy atom. The number of nitrogens with zero attached hydrogens (tertiary/aromatic N) is 1. The van der Waals surface area contributed by atoms with E-state index in [9.17, 15) is 0 Å². The van der Waals surface area contributed by atoms with Crippen LogP contribution < -0.4 is 4.90 Å². The van der Waals surface area contributed by atoms with Crippen LogP contribution in [0.2, 0.25) is 0 Å². The van der Waals surface area contributed by atoms with Gasteiger partial charge in [0.2, 0.25) is 0 Å². The maximum absolute atomic E-state index is 5.76. The van der Waals surface area contributed by atoms with Gasteiger partial charge in [0.15, 0.2) is 0 Å². The molecule has 0 bridgehead atoms. The second kappa shape index (κ2) is 5.69. The number of hydrogen-bond donors (Lipinski definition) is 1. The molecule has 0 saturated carbocycles. The van der Waals surface area contributed by atoms with Crippen LogP contribution in [0.3, 0.4) is 0 Å². The molecule has 0 amide bonds. The molecule has 23 heavy (non-hydrogen) atoms. The molecule has 4 aromatic rings. The molecular weight excluding hydrogens is 284 g/mol. The SMILES string of the molecule is CN(c1ccccc1)C(c1ccco1)c1c[nH]c2ccccc12. The Hall–Kier alpha value is -2.94. The summed E-state index contributed by atoms with van der Waals surface area (Å²) < 4.78 is 5.76. The second-order valence-electron chi connectivity index (χ2n) is 5.65. The zero-order valence-corrected chi connectivity index (χ0v) is 12.9. The van der Waals surface area contributed by atoms with Gasteiger partial charge in [-0.15, -0.1) is 0 Å². The van der Waals surface area contributed by atoms with Gasteiger partial charge >= 0.3 is 0 Å². The first-order valence-electron chi connectivity index (χ1n) is 7.72. The van der Waals surface area contributed by atoms with Crippen LogP contribution in [0.15, 0.2) is 83.6 Å². The van der Waals surface area contributed by atoms with Gasteiger partial charge in [0.05, 0.1) is 6.26 Å². The van der Waals surface area contributed by atoms with E-state index in [4.69, 9.17) is 4.42 Å². The molecule has 3 heteroatoms. The molecule has 4 rings (SSSR count). The molecule has 2 aromatic carbocycles. The van der Waals surface area contributed by atoms with Crippen molar-refractivity contribution in [1.29, 1.82) is 0 Å². The number of H-pyrrole nitrogens is 1. The molecule has 2 aromatic heterocycles. The van der Waals surface area contributed by atoms with E-state index in [1.54, 1.807) is 6.26 Å². The van der Waals surface area contributed by atoms with Crippen molar-refractivity contribution >= 4 is 16.6 Å². The zero-order valence-electron chi connectivity index (χ0n) is 12.9. The fourth-order valence-electron chi connectivity index (χ4n) is 3.13. The number of fused-ring (bicyclic) bond motifs is 1. The van der Waals surface area contributed by atoms with Gasteiger partial charge in [-0.25, -0.2) is 0 Å². The van der Waals surface area contributed by atoms with Gasteiger partial charge in [0.1, 0.15) is 11.8 Å². The van der Waals surface area contributed by atoms with Crippen molar-refractivity contribution < 1.29 is 4.42 Å². The van der Waals surface area contributed by atoms with Gasteiger partial charge in [-0.1, -0.05) is 36.4 Å². The van der Waals surface area contributed by atoms with Crippen molar-refractivity contribution in [1.82, 2.24) is 4.98 Å². The molecule has 0 aliphatic rings. The highest BCUT2D eigenvalue weighted by Gasteiger charge is 2.25. The number of para-hydroxylation sites is 2. The number of hydrogen-bond acceptors (Lipinski definition) is 2. The van der Waals surface area contributed by atoms with Crippen molar-refractivity contribution in [3.05, 3.63) is 90.5 Å². The Balaban J connectivity index is 1.87. The molecule has 1 atom stereocenters. The lowest BCUT2D eigenvalue weighted by Crippen LogP contribution is -2.24. The summed E-state index contributed by atoms with van der Waals surface area (Å²) in [6.07, 6.45) is 3.81. The summed E-state index contributed by atoms with van der Waals surface area (Å²) in [4.78, 5) is 5.61. The molecule has 0 aliphatic heterocycles. The van der Waals surface area contributed by atoms with E-state index in [-0.39, 0.29) is 6.04 Å². The van der Waals surface area contributed by atoms with Gasteiger partial charge in [0.25, 0.3) is 0 Å². The standard InChI is InChI=1S/C20H18N2O/c1-22(15-8-3-2-4-9-15)20(19-12-7-13-23-19)17-14-21-18-11-6-5-10-16(17)18/h2-14,20-21H,1H3. The van der Waals surface area contributed by atoms with Crippen LogP contribution in [0, 0.1) is 0 Å². The van der Waals surface area contributed by atoms with Crippen molar-refractivity contribution in [2.45, 2.75) is 6.04 Å². The minimum absolute atomic E-state index is 0.0172. The molecule has 0 fully saturated rings. The molecule has 1 N–H and O–H groups in total. The van der Waals surface area contributed by atoms with Crippen molar-refractivity contribution in [2.75, 3.05) is 11.9 Å². The van der Waals surface area contributed by atoms with Crippen LogP contribution in [0.1, 0.15) is 17.4 Å². The lowest BCUT2D eigenvalue weighted by atomic mass is 10.0. The highest BCUT2D eigenvalue weighted by Crippen LogP contribution is 2.35. The third kappa shape index (κ3) is 2.40. The van der Waals surface area contributed by atoms with E-state index in [0.29, 0.717) is 0 Å². The number of furan rings is 1. The van der Waals surface area contributed by atoms with Gasteiger partial charge in [-0.05, 0) is 30.3 Å². The van der Waals surface area contributed by atoms with Gasteiger partial charge in [-0.2, -0.15) is 0 Å². The summed E-state index contributed by atoms with van der Waals surface area (Å²) in [6, 6.07) is 22.7. The summed E-state index contributed by atoms with van der Waals surface area (Å²) in [5, 5.41) is 1.22. The predicted molar refractivity (Wildman–Crippen MR) is 93.7 cm³/mol. The Bertz CT molecular complexity index is 894. The Morgan fingerprint density at radius 2 is 1.70 bits per heavy atom. The van der Waals surface area contributed by atoms with E-state index in [0.717, 1.165) is 17.0 Å². The first-order valence-corrected chi connectivity index (χ1v) is 7.72. The lowest BCUT2D eigenvalue weighted by Gasteiger charge is -2.28. The van der Waals surface area contributed by atoms with Crippen LogP contribution >= 0.6 is 0 Å². The summed E-state index contributed by atoms with van der Waals surface area (Å²) in [5.41, 5.74) is 3.50. The maximum Gasteiger partial charge on any atom is 0.130 e. The van der Waals surface area contributed by atoms with Crippen LogP contribution in [0.25, 0.3) is 10.9 Å². The van der Waals surface area contributed by atoms with Crippen LogP contribution in [-0.2, 0) is 0 Å². The quantitative estimate of drug-likeness (QED) is 0.576. The van der Waals surface area contributed by atoms with E-state index in [1.165, 1.54) is 10.9 Å². The highest BCUT2D eigenvalue weighted by atomic mass is 16.3. The number of benzene rings is 2. The molecule has 3 nitrogen and oxygen atoms in total. The number of rotatable bonds is 4. The van der Waals surface area contributed by atoms with E-state index >= 15 is 0 Å². The Kier molecular flexibility index (Phi) is 3.39. The number of aromatic nitrogens is 1. The topological polar surface area (TPSA) is 32.2 Å². The highest BCUT2D eigenvalue weighted by molar-refractivity contribution is 5.84. The van der Waals surface area contributed by atoms with Crippen molar-refractivity contribution in [3.8, 4) is 0 Å². The third-order valence-corrected chi connectivity index (χ3v) is 4.28. The second-order valence-corrected chi connectivity index (χ2v) is 5.65. The average Bonchev–Trinajstić information content (AvgIpc) is 3.27. The molecule has 0 saturated heterocycles. The van der Waals surface area contributed by atoms with E-state index < -0.39 is 0 Å². The van der Waals surface area contributed by atoms with Crippen LogP contribution in [0.5, 0.6) is 0 Å². The molecular formula is C20H18N2O. The van der Waals surface area contributed by atoms with Crippen molar-refractivity contribution in [2.24, 2.45) is 0 Å². The minimum Gasteiger partial charge on any atom is -0.467 e. The number of anilines is 1. The molecule has 2 heterocycles. The normalized spacial score (nSPS) is 12.4. The fraction of sp³-hybridized carbons (Fsp3) is 0.100. The molecule has 114 valence electrons. The van der Waals surface area contributed by atoms with Gasteiger partial charge in [0, 0.05) is 35.4 Å².